The van der Waals surface area contributed by atoms with Crippen molar-refractivity contribution in [1.82, 2.24) is 9.97 Å². The molecule has 168 valence electrons. The molecule has 2 aromatic rings. The number of ether oxygens (including phenoxy) is 1. The molecule has 1 aliphatic heterocycles. The van der Waals surface area contributed by atoms with E-state index >= 15 is 0 Å². The Morgan fingerprint density at radius 2 is 1.97 bits per heavy atom. The highest BCUT2D eigenvalue weighted by molar-refractivity contribution is 6.33. The molecule has 0 unspecified atom stereocenters. The fraction of sp³-hybridized carbons (Fsp3) is 0.565. The summed E-state index contributed by atoms with van der Waals surface area (Å²) in [4.78, 5) is 8.96. The third-order valence-corrected chi connectivity index (χ3v) is 6.78. The second-order valence-corrected chi connectivity index (χ2v) is 9.52. The summed E-state index contributed by atoms with van der Waals surface area (Å²) in [5.41, 5.74) is 7.41. The first kappa shape index (κ1) is 22.2. The van der Waals surface area contributed by atoms with Gasteiger partial charge in [0.05, 0.1) is 10.7 Å². The number of hydrogen-bond donors (Lipinski definition) is 3. The zero-order valence-corrected chi connectivity index (χ0v) is 18.7. The van der Waals surface area contributed by atoms with Crippen LogP contribution in [0.2, 0.25) is 5.02 Å². The summed E-state index contributed by atoms with van der Waals surface area (Å²) in [5.74, 6) is 0.616. The number of halogens is 2. The molecule has 2 fully saturated rings. The van der Waals surface area contributed by atoms with Crippen LogP contribution in [0.4, 0.5) is 16.0 Å². The van der Waals surface area contributed by atoms with Gasteiger partial charge in [0, 0.05) is 43.6 Å². The van der Waals surface area contributed by atoms with Crippen molar-refractivity contribution in [2.24, 2.45) is 11.1 Å². The number of nitrogens with one attached hydrogen (secondary N) is 2. The molecular formula is C23H31ClFN5O. The number of nitrogens with two attached hydrogens (primary N) is 1. The van der Waals surface area contributed by atoms with Crippen molar-refractivity contribution in [2.75, 3.05) is 30.4 Å². The fourth-order valence-electron chi connectivity index (χ4n) is 4.24. The van der Waals surface area contributed by atoms with Gasteiger partial charge in [-0.05, 0) is 62.1 Å². The highest BCUT2D eigenvalue weighted by Crippen LogP contribution is 2.32. The first-order chi connectivity index (χ1) is 14.9. The molecule has 3 heterocycles. The second-order valence-electron chi connectivity index (χ2n) is 9.11. The predicted molar refractivity (Wildman–Crippen MR) is 123 cm³/mol. The van der Waals surface area contributed by atoms with Gasteiger partial charge in [-0.2, -0.15) is 0 Å². The minimum Gasteiger partial charge on any atom is -0.381 e. The summed E-state index contributed by atoms with van der Waals surface area (Å²) in [6, 6.07) is 5.62. The molecule has 4 N–H and O–H groups in total. The number of aromatic nitrogens is 2. The third kappa shape index (κ3) is 5.64. The standard InChI is InChI=1S/C23H31ClFN5O/c1-23(8-10-31-11-9-23)14-28-22-19(25)6-7-20(30-22)17-12-21(27-13-18(17)24)29-16-4-2-15(26)3-5-16/h6-7,12-13,15-16H,2-5,8-11,14,26H2,1H3,(H,27,29)(H,28,30)/t15-,16-. The van der Waals surface area contributed by atoms with Gasteiger partial charge in [0.1, 0.15) is 5.82 Å². The molecule has 2 aromatic heterocycles. The molecule has 8 heteroatoms. The Labute approximate surface area is 188 Å². The Kier molecular flexibility index (Phi) is 6.94. The van der Waals surface area contributed by atoms with E-state index in [0.29, 0.717) is 29.3 Å². The van der Waals surface area contributed by atoms with E-state index in [1.807, 2.05) is 6.07 Å². The van der Waals surface area contributed by atoms with Crippen LogP contribution in [-0.4, -0.2) is 41.8 Å². The first-order valence-electron chi connectivity index (χ1n) is 11.1. The molecular weight excluding hydrogens is 417 g/mol. The molecule has 1 aliphatic carbocycles. The van der Waals surface area contributed by atoms with Crippen LogP contribution in [0.5, 0.6) is 0 Å². The van der Waals surface area contributed by atoms with Gasteiger partial charge >= 0.3 is 0 Å². The maximum atomic E-state index is 14.5. The van der Waals surface area contributed by atoms with Gasteiger partial charge in [-0.3, -0.25) is 0 Å². The average molecular weight is 448 g/mol. The summed E-state index contributed by atoms with van der Waals surface area (Å²) in [6.07, 6.45) is 7.57. The van der Waals surface area contributed by atoms with Crippen LogP contribution in [0, 0.1) is 11.2 Å². The van der Waals surface area contributed by atoms with Gasteiger partial charge in [0.25, 0.3) is 0 Å². The van der Waals surface area contributed by atoms with Gasteiger partial charge in [-0.15, -0.1) is 0 Å². The monoisotopic (exact) mass is 447 g/mol. The molecule has 0 radical (unpaired) electrons. The quantitative estimate of drug-likeness (QED) is 0.587. The molecule has 31 heavy (non-hydrogen) atoms. The number of pyridine rings is 2. The molecule has 0 aromatic carbocycles. The molecule has 0 spiro atoms. The van der Waals surface area contributed by atoms with Crippen molar-refractivity contribution in [3.05, 3.63) is 35.2 Å². The molecule has 6 nitrogen and oxygen atoms in total. The topological polar surface area (TPSA) is 85.1 Å². The van der Waals surface area contributed by atoms with Crippen LogP contribution in [0.3, 0.4) is 0 Å². The molecule has 1 saturated heterocycles. The lowest BCUT2D eigenvalue weighted by atomic mass is 9.82. The molecule has 4 rings (SSSR count). The minimum absolute atomic E-state index is 0.0658. The van der Waals surface area contributed by atoms with Gasteiger partial charge in [-0.25, -0.2) is 14.4 Å². The molecule has 0 atom stereocenters. The Hall–Kier alpha value is -1.96. The van der Waals surface area contributed by atoms with E-state index in [1.54, 1.807) is 12.3 Å². The van der Waals surface area contributed by atoms with E-state index in [-0.39, 0.29) is 17.1 Å². The van der Waals surface area contributed by atoms with E-state index < -0.39 is 0 Å². The minimum atomic E-state index is -0.374. The van der Waals surface area contributed by atoms with Crippen molar-refractivity contribution < 1.29 is 9.13 Å². The first-order valence-corrected chi connectivity index (χ1v) is 11.5. The van der Waals surface area contributed by atoms with Gasteiger partial charge < -0.3 is 21.1 Å². The molecule has 2 aliphatic rings. The zero-order valence-electron chi connectivity index (χ0n) is 18.0. The summed E-state index contributed by atoms with van der Waals surface area (Å²) in [6.45, 7) is 4.32. The molecule has 0 bridgehead atoms. The second kappa shape index (κ2) is 9.67. The van der Waals surface area contributed by atoms with E-state index in [0.717, 1.165) is 63.1 Å². The fourth-order valence-corrected chi connectivity index (χ4v) is 4.44. The van der Waals surface area contributed by atoms with Crippen LogP contribution in [0.1, 0.15) is 45.4 Å². The van der Waals surface area contributed by atoms with E-state index in [9.17, 15) is 4.39 Å². The Bertz CT molecular complexity index is 898. The SMILES string of the molecule is CC1(CNc2nc(-c3cc(N[C@H]4CC[C@H](N)CC4)ncc3Cl)ccc2F)CCOCC1. The number of rotatable bonds is 6. The maximum absolute atomic E-state index is 14.5. The summed E-state index contributed by atoms with van der Waals surface area (Å²) in [7, 11) is 0. The van der Waals surface area contributed by atoms with Crippen LogP contribution < -0.4 is 16.4 Å². The highest BCUT2D eigenvalue weighted by Gasteiger charge is 2.27. The highest BCUT2D eigenvalue weighted by atomic mass is 35.5. The Morgan fingerprint density at radius 3 is 2.71 bits per heavy atom. The van der Waals surface area contributed by atoms with Crippen molar-refractivity contribution >= 4 is 23.2 Å². The lowest BCUT2D eigenvalue weighted by Crippen LogP contribution is -2.33. The predicted octanol–water partition coefficient (Wildman–Crippen LogP) is 4.85. The van der Waals surface area contributed by atoms with E-state index in [2.05, 4.69) is 27.5 Å². The van der Waals surface area contributed by atoms with Crippen molar-refractivity contribution in [1.29, 1.82) is 0 Å². The zero-order chi connectivity index (χ0) is 21.8. The molecule has 1 saturated carbocycles. The number of anilines is 2. The average Bonchev–Trinajstić information content (AvgIpc) is 2.77. The van der Waals surface area contributed by atoms with Crippen molar-refractivity contribution in [2.45, 2.75) is 57.5 Å². The number of hydrogen-bond acceptors (Lipinski definition) is 6. The smallest absolute Gasteiger partial charge is 0.165 e. The third-order valence-electron chi connectivity index (χ3n) is 6.48. The summed E-state index contributed by atoms with van der Waals surface area (Å²) in [5, 5.41) is 7.18. The van der Waals surface area contributed by atoms with E-state index in [1.165, 1.54) is 6.07 Å². The van der Waals surface area contributed by atoms with Gasteiger partial charge in [0.15, 0.2) is 11.6 Å². The van der Waals surface area contributed by atoms with E-state index in [4.69, 9.17) is 22.1 Å². The van der Waals surface area contributed by atoms with Crippen molar-refractivity contribution in [3.63, 3.8) is 0 Å². The summed E-state index contributed by atoms with van der Waals surface area (Å²) < 4.78 is 19.9. The van der Waals surface area contributed by atoms with Crippen LogP contribution >= 0.6 is 11.6 Å². The largest absolute Gasteiger partial charge is 0.381 e. The lowest BCUT2D eigenvalue weighted by molar-refractivity contribution is 0.0299. The Balaban J connectivity index is 1.50. The number of nitrogens with zero attached hydrogens (tertiary/aromatic N) is 2. The summed E-state index contributed by atoms with van der Waals surface area (Å²) >= 11 is 6.43. The normalized spacial score (nSPS) is 23.4. The van der Waals surface area contributed by atoms with Gasteiger partial charge in [0.2, 0.25) is 0 Å². The van der Waals surface area contributed by atoms with Crippen LogP contribution in [0.25, 0.3) is 11.3 Å². The van der Waals surface area contributed by atoms with Crippen LogP contribution in [-0.2, 0) is 4.74 Å². The lowest BCUT2D eigenvalue weighted by Gasteiger charge is -2.33. The van der Waals surface area contributed by atoms with Crippen molar-refractivity contribution in [3.8, 4) is 11.3 Å². The van der Waals surface area contributed by atoms with Gasteiger partial charge in [-0.1, -0.05) is 18.5 Å². The van der Waals surface area contributed by atoms with Crippen LogP contribution in [0.15, 0.2) is 24.4 Å². The maximum Gasteiger partial charge on any atom is 0.165 e. The Morgan fingerprint density at radius 1 is 1.23 bits per heavy atom. The molecule has 0 amide bonds.